The Balaban J connectivity index is 2.18. The van der Waals surface area contributed by atoms with Gasteiger partial charge in [0.1, 0.15) is 5.75 Å². The lowest BCUT2D eigenvalue weighted by atomic mass is 9.82. The van der Waals surface area contributed by atoms with Crippen LogP contribution in [-0.2, 0) is 0 Å². The van der Waals surface area contributed by atoms with Gasteiger partial charge in [-0.25, -0.2) is 0 Å². The van der Waals surface area contributed by atoms with Crippen molar-refractivity contribution in [2.24, 2.45) is 11.8 Å². The largest absolute Gasteiger partial charge is 0.490 e. The van der Waals surface area contributed by atoms with Crippen molar-refractivity contribution < 1.29 is 9.53 Å². The monoisotopic (exact) mass is 324 g/mol. The summed E-state index contributed by atoms with van der Waals surface area (Å²) in [6.45, 7) is 6.14. The van der Waals surface area contributed by atoms with Gasteiger partial charge in [-0.05, 0) is 56.2 Å². The van der Waals surface area contributed by atoms with E-state index in [2.05, 4.69) is 29.8 Å². The summed E-state index contributed by atoms with van der Waals surface area (Å²) in [4.78, 5) is 11.7. The first-order valence-electron chi connectivity index (χ1n) is 6.93. The SMILES string of the molecule is CC(=O)c1ccc(Br)cc1OC1CC(C)CC(C)C1. The van der Waals surface area contributed by atoms with Crippen LogP contribution in [-0.4, -0.2) is 11.9 Å². The van der Waals surface area contributed by atoms with E-state index in [1.54, 1.807) is 6.92 Å². The number of halogens is 1. The first-order chi connectivity index (χ1) is 8.95. The second-order valence-corrected chi connectivity index (χ2v) is 6.77. The lowest BCUT2D eigenvalue weighted by molar-refractivity contribution is 0.0941. The van der Waals surface area contributed by atoms with Crippen LogP contribution in [0.1, 0.15) is 50.4 Å². The molecule has 0 amide bonds. The van der Waals surface area contributed by atoms with Gasteiger partial charge < -0.3 is 4.74 Å². The van der Waals surface area contributed by atoms with Gasteiger partial charge in [0, 0.05) is 4.47 Å². The fourth-order valence-corrected chi connectivity index (χ4v) is 3.37. The van der Waals surface area contributed by atoms with Crippen LogP contribution in [0.15, 0.2) is 22.7 Å². The number of carbonyl (C=O) groups excluding carboxylic acids is 1. The van der Waals surface area contributed by atoms with E-state index in [0.29, 0.717) is 23.1 Å². The minimum Gasteiger partial charge on any atom is -0.490 e. The summed E-state index contributed by atoms with van der Waals surface area (Å²) >= 11 is 3.44. The summed E-state index contributed by atoms with van der Waals surface area (Å²) in [5.74, 6) is 2.16. The normalized spacial score (nSPS) is 27.1. The Morgan fingerprint density at radius 3 is 2.42 bits per heavy atom. The Bertz CT molecular complexity index is 460. The number of carbonyl (C=O) groups is 1. The molecule has 0 radical (unpaired) electrons. The Labute approximate surface area is 123 Å². The average molecular weight is 325 g/mol. The number of ketones is 1. The maximum atomic E-state index is 11.7. The van der Waals surface area contributed by atoms with E-state index in [4.69, 9.17) is 4.74 Å². The van der Waals surface area contributed by atoms with Gasteiger partial charge >= 0.3 is 0 Å². The highest BCUT2D eigenvalue weighted by Gasteiger charge is 2.26. The molecule has 2 unspecified atom stereocenters. The second kappa shape index (κ2) is 6.08. The molecule has 1 aromatic rings. The average Bonchev–Trinajstić information content (AvgIpc) is 2.26. The molecule has 1 aliphatic carbocycles. The zero-order valence-corrected chi connectivity index (χ0v) is 13.4. The van der Waals surface area contributed by atoms with Crippen LogP contribution in [0.4, 0.5) is 0 Å². The summed E-state index contributed by atoms with van der Waals surface area (Å²) in [6, 6.07) is 5.62. The van der Waals surface area contributed by atoms with Crippen LogP contribution >= 0.6 is 15.9 Å². The van der Waals surface area contributed by atoms with Crippen molar-refractivity contribution in [1.82, 2.24) is 0 Å². The Hall–Kier alpha value is -0.830. The molecule has 2 atom stereocenters. The number of rotatable bonds is 3. The van der Waals surface area contributed by atoms with Crippen LogP contribution in [0.3, 0.4) is 0 Å². The summed E-state index contributed by atoms with van der Waals surface area (Å²) < 4.78 is 7.07. The van der Waals surface area contributed by atoms with E-state index in [0.717, 1.165) is 17.3 Å². The number of Topliss-reactive ketones (excluding diaryl/α,β-unsaturated/α-hetero) is 1. The molecule has 0 heterocycles. The fourth-order valence-electron chi connectivity index (χ4n) is 3.03. The molecule has 2 nitrogen and oxygen atoms in total. The summed E-state index contributed by atoms with van der Waals surface area (Å²) in [5.41, 5.74) is 0.675. The third-order valence-electron chi connectivity index (χ3n) is 3.75. The van der Waals surface area contributed by atoms with E-state index in [1.807, 2.05) is 18.2 Å². The molecule has 0 N–H and O–H groups in total. The van der Waals surface area contributed by atoms with Crippen molar-refractivity contribution in [3.63, 3.8) is 0 Å². The predicted molar refractivity (Wildman–Crippen MR) is 80.7 cm³/mol. The second-order valence-electron chi connectivity index (χ2n) is 5.85. The molecule has 0 aliphatic heterocycles. The first-order valence-corrected chi connectivity index (χ1v) is 7.72. The van der Waals surface area contributed by atoms with Crippen LogP contribution in [0, 0.1) is 11.8 Å². The van der Waals surface area contributed by atoms with Crippen LogP contribution in [0.2, 0.25) is 0 Å². The van der Waals surface area contributed by atoms with Crippen molar-refractivity contribution in [2.75, 3.05) is 0 Å². The minimum atomic E-state index is 0.0550. The molecule has 1 aromatic carbocycles. The van der Waals surface area contributed by atoms with E-state index < -0.39 is 0 Å². The molecule has 1 aliphatic rings. The van der Waals surface area contributed by atoms with Gasteiger partial charge in [0.05, 0.1) is 11.7 Å². The first kappa shape index (κ1) is 14.6. The Morgan fingerprint density at radius 1 is 1.21 bits per heavy atom. The van der Waals surface area contributed by atoms with Gasteiger partial charge in [0.25, 0.3) is 0 Å². The molecule has 19 heavy (non-hydrogen) atoms. The number of hydrogen-bond donors (Lipinski definition) is 0. The highest BCUT2D eigenvalue weighted by atomic mass is 79.9. The molecular weight excluding hydrogens is 304 g/mol. The maximum Gasteiger partial charge on any atom is 0.163 e. The van der Waals surface area contributed by atoms with Crippen LogP contribution in [0.25, 0.3) is 0 Å². The highest BCUT2D eigenvalue weighted by Crippen LogP contribution is 2.33. The molecule has 3 heteroatoms. The molecule has 2 rings (SSSR count). The van der Waals surface area contributed by atoms with Gasteiger partial charge in [-0.3, -0.25) is 4.79 Å². The fraction of sp³-hybridized carbons (Fsp3) is 0.562. The third-order valence-corrected chi connectivity index (χ3v) is 4.25. The number of benzene rings is 1. The summed E-state index contributed by atoms with van der Waals surface area (Å²) in [5, 5.41) is 0. The lowest BCUT2D eigenvalue weighted by Crippen LogP contribution is -2.29. The number of ether oxygens (including phenoxy) is 1. The molecule has 0 aromatic heterocycles. The quantitative estimate of drug-likeness (QED) is 0.742. The molecular formula is C16H21BrO2. The zero-order chi connectivity index (χ0) is 14.0. The van der Waals surface area contributed by atoms with E-state index in [-0.39, 0.29) is 11.9 Å². The van der Waals surface area contributed by atoms with Gasteiger partial charge in [-0.1, -0.05) is 29.8 Å². The topological polar surface area (TPSA) is 26.3 Å². The van der Waals surface area contributed by atoms with E-state index >= 15 is 0 Å². The van der Waals surface area contributed by atoms with Crippen molar-refractivity contribution in [1.29, 1.82) is 0 Å². The Kier molecular flexibility index (Phi) is 4.67. The van der Waals surface area contributed by atoms with Crippen molar-refractivity contribution in [3.8, 4) is 5.75 Å². The van der Waals surface area contributed by atoms with Crippen molar-refractivity contribution >= 4 is 21.7 Å². The lowest BCUT2D eigenvalue weighted by Gasteiger charge is -2.32. The van der Waals surface area contributed by atoms with Gasteiger partial charge in [0.2, 0.25) is 0 Å². The van der Waals surface area contributed by atoms with Crippen molar-refractivity contribution in [2.45, 2.75) is 46.1 Å². The van der Waals surface area contributed by atoms with Crippen LogP contribution in [0.5, 0.6) is 5.75 Å². The standard InChI is InChI=1S/C16H21BrO2/c1-10-6-11(2)8-14(7-10)19-16-9-13(17)4-5-15(16)12(3)18/h4-5,9-11,14H,6-8H2,1-3H3. The molecule has 104 valence electrons. The smallest absolute Gasteiger partial charge is 0.163 e. The predicted octanol–water partition coefficient (Wildman–Crippen LogP) is 4.86. The van der Waals surface area contributed by atoms with E-state index in [9.17, 15) is 4.79 Å². The zero-order valence-electron chi connectivity index (χ0n) is 11.8. The van der Waals surface area contributed by atoms with Gasteiger partial charge in [-0.15, -0.1) is 0 Å². The molecule has 1 saturated carbocycles. The number of hydrogen-bond acceptors (Lipinski definition) is 2. The molecule has 0 saturated heterocycles. The maximum absolute atomic E-state index is 11.7. The third kappa shape index (κ3) is 3.82. The highest BCUT2D eigenvalue weighted by molar-refractivity contribution is 9.10. The van der Waals surface area contributed by atoms with Gasteiger partial charge in [-0.2, -0.15) is 0 Å². The van der Waals surface area contributed by atoms with Crippen LogP contribution < -0.4 is 4.74 Å². The molecule has 0 bridgehead atoms. The summed E-state index contributed by atoms with van der Waals surface area (Å²) in [7, 11) is 0. The van der Waals surface area contributed by atoms with Crippen molar-refractivity contribution in [3.05, 3.63) is 28.2 Å². The Morgan fingerprint density at radius 2 is 1.84 bits per heavy atom. The van der Waals surface area contributed by atoms with E-state index in [1.165, 1.54) is 6.42 Å². The molecule has 0 spiro atoms. The minimum absolute atomic E-state index is 0.0550. The molecule has 1 fully saturated rings. The van der Waals surface area contributed by atoms with Gasteiger partial charge in [0.15, 0.2) is 5.78 Å². The summed E-state index contributed by atoms with van der Waals surface area (Å²) in [6.07, 6.45) is 3.66.